The van der Waals surface area contributed by atoms with Gasteiger partial charge in [-0.25, -0.2) is 0 Å². The molecule has 4 nitrogen and oxygen atoms in total. The summed E-state index contributed by atoms with van der Waals surface area (Å²) >= 11 is 0. The monoisotopic (exact) mass is 271 g/mol. The Kier molecular flexibility index (Phi) is 3.72. The Bertz CT molecular complexity index is 557. The van der Waals surface area contributed by atoms with Crippen molar-refractivity contribution in [1.82, 2.24) is 10.2 Å². The largest absolute Gasteiger partial charge is 0.423 e. The fraction of sp³-hybridized carbons (Fsp3) is 0.500. The van der Waals surface area contributed by atoms with E-state index < -0.39 is 0 Å². The molecule has 1 aliphatic carbocycles. The number of nitrogens with one attached hydrogen (secondary N) is 1. The summed E-state index contributed by atoms with van der Waals surface area (Å²) in [5.41, 5.74) is 3.41. The van der Waals surface area contributed by atoms with Crippen LogP contribution in [0.25, 0.3) is 11.5 Å². The molecule has 3 rings (SSSR count). The van der Waals surface area contributed by atoms with Gasteiger partial charge in [-0.3, -0.25) is 0 Å². The zero-order valence-electron chi connectivity index (χ0n) is 12.1. The van der Waals surface area contributed by atoms with Crippen LogP contribution in [0.5, 0.6) is 0 Å². The molecule has 0 unspecified atom stereocenters. The average molecular weight is 271 g/mol. The van der Waals surface area contributed by atoms with Gasteiger partial charge >= 0.3 is 0 Å². The number of hydrogen-bond acceptors (Lipinski definition) is 4. The Hall–Kier alpha value is -1.84. The van der Waals surface area contributed by atoms with Crippen molar-refractivity contribution in [3.8, 4) is 11.5 Å². The van der Waals surface area contributed by atoms with Crippen LogP contribution in [-0.4, -0.2) is 16.2 Å². The highest BCUT2D eigenvalue weighted by Gasteiger charge is 2.18. The first-order chi connectivity index (χ1) is 9.72. The SMILES string of the molecule is Cc1ccc(-c2nnco2)cc1NC1CCC(C)CC1. The van der Waals surface area contributed by atoms with E-state index in [1.165, 1.54) is 43.3 Å². The molecule has 1 aliphatic rings. The van der Waals surface area contributed by atoms with Gasteiger partial charge in [-0.1, -0.05) is 13.0 Å². The Balaban J connectivity index is 1.77. The fourth-order valence-electron chi connectivity index (χ4n) is 2.83. The number of aromatic nitrogens is 2. The van der Waals surface area contributed by atoms with E-state index >= 15 is 0 Å². The van der Waals surface area contributed by atoms with Gasteiger partial charge < -0.3 is 9.73 Å². The molecule has 0 bridgehead atoms. The molecule has 106 valence electrons. The number of anilines is 1. The predicted octanol–water partition coefficient (Wildman–Crippen LogP) is 4.04. The van der Waals surface area contributed by atoms with Gasteiger partial charge in [0.25, 0.3) is 0 Å². The Morgan fingerprint density at radius 1 is 1.20 bits per heavy atom. The highest BCUT2D eigenvalue weighted by Crippen LogP contribution is 2.29. The van der Waals surface area contributed by atoms with Crippen LogP contribution in [0.4, 0.5) is 5.69 Å². The minimum Gasteiger partial charge on any atom is -0.423 e. The summed E-state index contributed by atoms with van der Waals surface area (Å²) in [5, 5.41) is 11.4. The third-order valence-corrected chi connectivity index (χ3v) is 4.22. The highest BCUT2D eigenvalue weighted by molar-refractivity contribution is 5.64. The first kappa shape index (κ1) is 13.2. The molecule has 1 aromatic carbocycles. The quantitative estimate of drug-likeness (QED) is 0.915. The summed E-state index contributed by atoms with van der Waals surface area (Å²) in [6.07, 6.45) is 6.52. The van der Waals surface area contributed by atoms with E-state index in [0.717, 1.165) is 11.5 Å². The Morgan fingerprint density at radius 3 is 2.70 bits per heavy atom. The second kappa shape index (κ2) is 5.65. The maximum absolute atomic E-state index is 5.27. The molecule has 1 N–H and O–H groups in total. The van der Waals surface area contributed by atoms with E-state index in [1.807, 2.05) is 6.07 Å². The lowest BCUT2D eigenvalue weighted by molar-refractivity contribution is 0.361. The molecule has 0 radical (unpaired) electrons. The molecule has 0 atom stereocenters. The first-order valence-electron chi connectivity index (χ1n) is 7.36. The van der Waals surface area contributed by atoms with E-state index in [4.69, 9.17) is 4.42 Å². The maximum atomic E-state index is 5.27. The molecule has 1 heterocycles. The van der Waals surface area contributed by atoms with E-state index in [-0.39, 0.29) is 0 Å². The molecule has 0 amide bonds. The Labute approximate surface area is 119 Å². The predicted molar refractivity (Wildman–Crippen MR) is 79.5 cm³/mol. The lowest BCUT2D eigenvalue weighted by atomic mass is 9.87. The fourth-order valence-corrected chi connectivity index (χ4v) is 2.83. The van der Waals surface area contributed by atoms with E-state index in [9.17, 15) is 0 Å². The molecule has 4 heteroatoms. The second-order valence-electron chi connectivity index (χ2n) is 5.87. The van der Waals surface area contributed by atoms with Crippen molar-refractivity contribution in [1.29, 1.82) is 0 Å². The summed E-state index contributed by atoms with van der Waals surface area (Å²) in [4.78, 5) is 0. The summed E-state index contributed by atoms with van der Waals surface area (Å²) < 4.78 is 5.27. The van der Waals surface area contributed by atoms with Gasteiger partial charge in [-0.05, 0) is 56.2 Å². The molecule has 0 saturated heterocycles. The lowest BCUT2D eigenvalue weighted by Gasteiger charge is -2.28. The molecule has 1 saturated carbocycles. The van der Waals surface area contributed by atoms with Crippen LogP contribution >= 0.6 is 0 Å². The van der Waals surface area contributed by atoms with Gasteiger partial charge in [0.2, 0.25) is 12.3 Å². The number of benzene rings is 1. The van der Waals surface area contributed by atoms with E-state index in [0.29, 0.717) is 11.9 Å². The van der Waals surface area contributed by atoms with Crippen LogP contribution < -0.4 is 5.32 Å². The van der Waals surface area contributed by atoms with Gasteiger partial charge in [-0.15, -0.1) is 10.2 Å². The van der Waals surface area contributed by atoms with E-state index in [1.54, 1.807) is 0 Å². The summed E-state index contributed by atoms with van der Waals surface area (Å²) in [6.45, 7) is 4.48. The van der Waals surface area contributed by atoms with Crippen molar-refractivity contribution in [2.24, 2.45) is 5.92 Å². The van der Waals surface area contributed by atoms with Crippen LogP contribution in [0, 0.1) is 12.8 Å². The standard InChI is InChI=1S/C16H21N3O/c1-11-3-7-14(8-4-11)18-15-9-13(6-5-12(15)2)16-19-17-10-20-16/h5-6,9-11,14,18H,3-4,7-8H2,1-2H3. The van der Waals surface area contributed by atoms with Crippen molar-refractivity contribution in [2.75, 3.05) is 5.32 Å². The minimum atomic E-state index is 0.574. The van der Waals surface area contributed by atoms with Gasteiger partial charge in [0, 0.05) is 17.3 Å². The van der Waals surface area contributed by atoms with Gasteiger partial charge in [0.1, 0.15) is 0 Å². The van der Waals surface area contributed by atoms with Crippen LogP contribution in [0.1, 0.15) is 38.2 Å². The molecule has 2 aromatic rings. The third kappa shape index (κ3) is 2.84. The second-order valence-corrected chi connectivity index (χ2v) is 5.87. The number of hydrogen-bond donors (Lipinski definition) is 1. The zero-order valence-corrected chi connectivity index (χ0v) is 12.1. The van der Waals surface area contributed by atoms with Gasteiger partial charge in [-0.2, -0.15) is 0 Å². The number of rotatable bonds is 3. The molecule has 1 aromatic heterocycles. The van der Waals surface area contributed by atoms with Crippen LogP contribution in [-0.2, 0) is 0 Å². The van der Waals surface area contributed by atoms with Crippen molar-refractivity contribution in [3.05, 3.63) is 30.2 Å². The van der Waals surface area contributed by atoms with Crippen molar-refractivity contribution < 1.29 is 4.42 Å². The molecule has 0 spiro atoms. The lowest BCUT2D eigenvalue weighted by Crippen LogP contribution is -2.25. The highest BCUT2D eigenvalue weighted by atomic mass is 16.4. The maximum Gasteiger partial charge on any atom is 0.247 e. The zero-order chi connectivity index (χ0) is 13.9. The van der Waals surface area contributed by atoms with Gasteiger partial charge in [0.15, 0.2) is 0 Å². The normalized spacial score (nSPS) is 22.7. The van der Waals surface area contributed by atoms with Crippen molar-refractivity contribution >= 4 is 5.69 Å². The van der Waals surface area contributed by atoms with Crippen LogP contribution in [0.3, 0.4) is 0 Å². The van der Waals surface area contributed by atoms with E-state index in [2.05, 4.69) is 41.5 Å². The smallest absolute Gasteiger partial charge is 0.247 e. The molecule has 0 aliphatic heterocycles. The number of nitrogens with zero attached hydrogens (tertiary/aromatic N) is 2. The molecule has 20 heavy (non-hydrogen) atoms. The van der Waals surface area contributed by atoms with Crippen molar-refractivity contribution in [3.63, 3.8) is 0 Å². The Morgan fingerprint density at radius 2 is 2.00 bits per heavy atom. The summed E-state index contributed by atoms with van der Waals surface area (Å²) in [5.74, 6) is 1.45. The van der Waals surface area contributed by atoms with Crippen molar-refractivity contribution in [2.45, 2.75) is 45.6 Å². The van der Waals surface area contributed by atoms with Gasteiger partial charge in [0.05, 0.1) is 0 Å². The topological polar surface area (TPSA) is 51.0 Å². The van der Waals surface area contributed by atoms with Crippen LogP contribution in [0.2, 0.25) is 0 Å². The molecule has 1 fully saturated rings. The molecular formula is C16H21N3O. The first-order valence-corrected chi connectivity index (χ1v) is 7.36. The molecular weight excluding hydrogens is 250 g/mol. The minimum absolute atomic E-state index is 0.574. The summed E-state index contributed by atoms with van der Waals surface area (Å²) in [6, 6.07) is 6.83. The number of aryl methyl sites for hydroxylation is 1. The summed E-state index contributed by atoms with van der Waals surface area (Å²) in [7, 11) is 0. The third-order valence-electron chi connectivity index (χ3n) is 4.22. The average Bonchev–Trinajstić information content (AvgIpc) is 2.98. The van der Waals surface area contributed by atoms with Crippen LogP contribution in [0.15, 0.2) is 29.0 Å².